The van der Waals surface area contributed by atoms with E-state index < -0.39 is 0 Å². The van der Waals surface area contributed by atoms with Gasteiger partial charge in [-0.2, -0.15) is 0 Å². The van der Waals surface area contributed by atoms with Gasteiger partial charge < -0.3 is 14.8 Å². The van der Waals surface area contributed by atoms with Crippen LogP contribution in [0, 0.1) is 0 Å². The summed E-state index contributed by atoms with van der Waals surface area (Å²) < 4.78 is 10.4. The Bertz CT molecular complexity index is 593. The minimum Gasteiger partial charge on any atom is -0.495 e. The van der Waals surface area contributed by atoms with E-state index in [1.165, 1.54) is 13.4 Å². The van der Waals surface area contributed by atoms with Gasteiger partial charge in [-0.15, -0.1) is 0 Å². The second-order valence-electron chi connectivity index (χ2n) is 3.54. The summed E-state index contributed by atoms with van der Waals surface area (Å²) in [6.45, 7) is 0. The van der Waals surface area contributed by atoms with Gasteiger partial charge in [0.05, 0.1) is 24.9 Å². The maximum absolute atomic E-state index is 6.08. The van der Waals surface area contributed by atoms with E-state index in [0.717, 1.165) is 0 Å². The molecule has 0 fully saturated rings. The largest absolute Gasteiger partial charge is 0.495 e. The minimum atomic E-state index is 0.344. The Morgan fingerprint density at radius 1 is 1.00 bits per heavy atom. The SMILES string of the molecule is COc1cc(OC)c(Nc2cc(Cl)ncn2)cc1Cl. The van der Waals surface area contributed by atoms with Crippen molar-refractivity contribution in [1.82, 2.24) is 9.97 Å². The van der Waals surface area contributed by atoms with Crippen molar-refractivity contribution < 1.29 is 9.47 Å². The van der Waals surface area contributed by atoms with Crippen LogP contribution in [0.25, 0.3) is 0 Å². The van der Waals surface area contributed by atoms with Gasteiger partial charge in [0.1, 0.15) is 28.8 Å². The molecule has 1 N–H and O–H groups in total. The summed E-state index contributed by atoms with van der Waals surface area (Å²) in [7, 11) is 3.10. The van der Waals surface area contributed by atoms with Gasteiger partial charge in [0.25, 0.3) is 0 Å². The Morgan fingerprint density at radius 2 is 1.74 bits per heavy atom. The molecule has 100 valence electrons. The van der Waals surface area contributed by atoms with Gasteiger partial charge in [0, 0.05) is 12.1 Å². The van der Waals surface area contributed by atoms with E-state index in [4.69, 9.17) is 32.7 Å². The first-order chi connectivity index (χ1) is 9.13. The van der Waals surface area contributed by atoms with Crippen LogP contribution in [0.2, 0.25) is 10.2 Å². The fourth-order valence-corrected chi connectivity index (χ4v) is 1.89. The molecule has 0 bridgehead atoms. The molecule has 0 radical (unpaired) electrons. The maximum Gasteiger partial charge on any atom is 0.146 e. The summed E-state index contributed by atoms with van der Waals surface area (Å²) in [6.07, 6.45) is 1.36. The number of rotatable bonds is 4. The lowest BCUT2D eigenvalue weighted by Crippen LogP contribution is -1.98. The minimum absolute atomic E-state index is 0.344. The van der Waals surface area contributed by atoms with Gasteiger partial charge in [-0.05, 0) is 6.07 Å². The zero-order valence-corrected chi connectivity index (χ0v) is 11.8. The van der Waals surface area contributed by atoms with E-state index in [2.05, 4.69) is 15.3 Å². The predicted molar refractivity (Wildman–Crippen MR) is 74.9 cm³/mol. The molecule has 1 aromatic heterocycles. The fraction of sp³-hybridized carbons (Fsp3) is 0.167. The quantitative estimate of drug-likeness (QED) is 0.875. The van der Waals surface area contributed by atoms with Gasteiger partial charge in [-0.3, -0.25) is 0 Å². The molecule has 0 amide bonds. The van der Waals surface area contributed by atoms with Crippen molar-refractivity contribution >= 4 is 34.7 Å². The average Bonchev–Trinajstić information content (AvgIpc) is 2.39. The van der Waals surface area contributed by atoms with Crippen molar-refractivity contribution in [2.75, 3.05) is 19.5 Å². The van der Waals surface area contributed by atoms with Gasteiger partial charge >= 0.3 is 0 Å². The van der Waals surface area contributed by atoms with E-state index in [1.807, 2.05) is 0 Å². The van der Waals surface area contributed by atoms with Crippen LogP contribution in [-0.2, 0) is 0 Å². The molecule has 0 atom stereocenters. The molecular formula is C12H11Cl2N3O2. The number of methoxy groups -OCH3 is 2. The van der Waals surface area contributed by atoms with Crippen LogP contribution in [0.4, 0.5) is 11.5 Å². The van der Waals surface area contributed by atoms with Crippen LogP contribution in [0.5, 0.6) is 11.5 Å². The van der Waals surface area contributed by atoms with Gasteiger partial charge in [-0.1, -0.05) is 23.2 Å². The molecule has 1 aromatic carbocycles. The highest BCUT2D eigenvalue weighted by atomic mass is 35.5. The highest BCUT2D eigenvalue weighted by Crippen LogP contribution is 2.37. The van der Waals surface area contributed by atoms with Crippen LogP contribution in [-0.4, -0.2) is 24.2 Å². The number of halogens is 2. The lowest BCUT2D eigenvalue weighted by molar-refractivity contribution is 0.396. The second kappa shape index (κ2) is 5.95. The number of aromatic nitrogens is 2. The zero-order chi connectivity index (χ0) is 13.8. The smallest absolute Gasteiger partial charge is 0.146 e. The molecule has 0 aliphatic heterocycles. The standard InChI is InChI=1S/C12H11Cl2N3O2/c1-18-9-4-10(19-2)8(3-7(9)13)17-12-5-11(14)15-6-16-12/h3-6H,1-2H3,(H,15,16,17). The summed E-state index contributed by atoms with van der Waals surface area (Å²) in [5.41, 5.74) is 0.656. The molecule has 0 spiro atoms. The van der Waals surface area contributed by atoms with Crippen molar-refractivity contribution in [3.63, 3.8) is 0 Å². The molecule has 0 saturated heterocycles. The molecule has 2 aromatic rings. The predicted octanol–water partition coefficient (Wildman–Crippen LogP) is 3.54. The first-order valence-corrected chi connectivity index (χ1v) is 6.05. The molecule has 5 nitrogen and oxygen atoms in total. The Balaban J connectivity index is 2.36. The van der Waals surface area contributed by atoms with E-state index in [0.29, 0.717) is 33.2 Å². The first kappa shape index (κ1) is 13.7. The molecule has 1 heterocycles. The normalized spacial score (nSPS) is 10.1. The second-order valence-corrected chi connectivity index (χ2v) is 4.33. The van der Waals surface area contributed by atoms with Crippen molar-refractivity contribution in [2.24, 2.45) is 0 Å². The number of benzene rings is 1. The van der Waals surface area contributed by atoms with Crippen LogP contribution in [0.15, 0.2) is 24.5 Å². The topological polar surface area (TPSA) is 56.3 Å². The average molecular weight is 300 g/mol. The van der Waals surface area contributed by atoms with Gasteiger partial charge in [-0.25, -0.2) is 9.97 Å². The lowest BCUT2D eigenvalue weighted by atomic mass is 10.2. The van der Waals surface area contributed by atoms with E-state index in [1.54, 1.807) is 25.3 Å². The molecule has 0 aliphatic carbocycles. The molecule has 0 saturated carbocycles. The van der Waals surface area contributed by atoms with Crippen LogP contribution in [0.3, 0.4) is 0 Å². The highest BCUT2D eigenvalue weighted by Gasteiger charge is 2.10. The maximum atomic E-state index is 6.08. The number of ether oxygens (including phenoxy) is 2. The summed E-state index contributed by atoms with van der Waals surface area (Å²) in [6, 6.07) is 4.97. The fourth-order valence-electron chi connectivity index (χ4n) is 1.50. The monoisotopic (exact) mass is 299 g/mol. The summed E-state index contributed by atoms with van der Waals surface area (Å²) >= 11 is 11.9. The number of hydrogen-bond donors (Lipinski definition) is 1. The van der Waals surface area contributed by atoms with E-state index in [9.17, 15) is 0 Å². The highest BCUT2D eigenvalue weighted by molar-refractivity contribution is 6.32. The Hall–Kier alpha value is -1.72. The van der Waals surface area contributed by atoms with E-state index in [-0.39, 0.29) is 0 Å². The number of anilines is 2. The van der Waals surface area contributed by atoms with Gasteiger partial charge in [0.2, 0.25) is 0 Å². The molecule has 7 heteroatoms. The van der Waals surface area contributed by atoms with E-state index >= 15 is 0 Å². The van der Waals surface area contributed by atoms with Crippen molar-refractivity contribution in [1.29, 1.82) is 0 Å². The molecule has 19 heavy (non-hydrogen) atoms. The molecule has 0 unspecified atom stereocenters. The van der Waals surface area contributed by atoms with Crippen LogP contribution in [0.1, 0.15) is 0 Å². The first-order valence-electron chi connectivity index (χ1n) is 5.30. The zero-order valence-electron chi connectivity index (χ0n) is 10.3. The molecular weight excluding hydrogens is 289 g/mol. The number of nitrogens with one attached hydrogen (secondary N) is 1. The lowest BCUT2D eigenvalue weighted by Gasteiger charge is -2.13. The van der Waals surface area contributed by atoms with Crippen molar-refractivity contribution in [3.8, 4) is 11.5 Å². The third-order valence-electron chi connectivity index (χ3n) is 2.37. The summed E-state index contributed by atoms with van der Waals surface area (Å²) in [5.74, 6) is 1.65. The number of hydrogen-bond acceptors (Lipinski definition) is 5. The van der Waals surface area contributed by atoms with Crippen LogP contribution >= 0.6 is 23.2 Å². The van der Waals surface area contributed by atoms with Crippen molar-refractivity contribution in [2.45, 2.75) is 0 Å². The third kappa shape index (κ3) is 3.19. The third-order valence-corrected chi connectivity index (χ3v) is 2.87. The molecule has 0 aliphatic rings. The summed E-state index contributed by atoms with van der Waals surface area (Å²) in [5, 5.41) is 3.86. The number of nitrogens with zero attached hydrogens (tertiary/aromatic N) is 2. The Labute approximate surface area is 120 Å². The van der Waals surface area contributed by atoms with Crippen molar-refractivity contribution in [3.05, 3.63) is 34.7 Å². The van der Waals surface area contributed by atoms with Crippen LogP contribution < -0.4 is 14.8 Å². The molecule has 2 rings (SSSR count). The Kier molecular flexibility index (Phi) is 4.29. The van der Waals surface area contributed by atoms with Gasteiger partial charge in [0.15, 0.2) is 0 Å². The Morgan fingerprint density at radius 3 is 2.37 bits per heavy atom. The summed E-state index contributed by atoms with van der Waals surface area (Å²) in [4.78, 5) is 7.85.